The number of anilines is 2. The van der Waals surface area contributed by atoms with E-state index in [9.17, 15) is 9.59 Å². The molecule has 2 aromatic rings. The van der Waals surface area contributed by atoms with Gasteiger partial charge in [0.25, 0.3) is 5.91 Å². The van der Waals surface area contributed by atoms with Crippen molar-refractivity contribution in [3.8, 4) is 5.75 Å². The quantitative estimate of drug-likeness (QED) is 0.608. The summed E-state index contributed by atoms with van der Waals surface area (Å²) in [6.07, 6.45) is 0.903. The lowest BCUT2D eigenvalue weighted by Gasteiger charge is -2.14. The predicted molar refractivity (Wildman–Crippen MR) is 116 cm³/mol. The third kappa shape index (κ3) is 7.00. The maximum Gasteiger partial charge on any atom is 0.261 e. The molecular weight excluding hydrogens is 374 g/mol. The minimum atomic E-state index is -0.351. The second-order valence-electron chi connectivity index (χ2n) is 6.70. The molecule has 0 heterocycles. The van der Waals surface area contributed by atoms with Crippen LogP contribution in [0.25, 0.3) is 0 Å². The summed E-state index contributed by atoms with van der Waals surface area (Å²) in [5.74, 6) is 0.528. The molecule has 0 aliphatic carbocycles. The molecule has 0 spiro atoms. The second-order valence-corrected chi connectivity index (χ2v) is 7.11. The number of rotatable bonds is 7. The van der Waals surface area contributed by atoms with Crippen molar-refractivity contribution < 1.29 is 14.3 Å². The number of hydrogen-bond acceptors (Lipinski definition) is 4. The van der Waals surface area contributed by atoms with Gasteiger partial charge in [-0.25, -0.2) is 0 Å². The van der Waals surface area contributed by atoms with E-state index < -0.39 is 0 Å². The van der Waals surface area contributed by atoms with Crippen molar-refractivity contribution in [2.24, 2.45) is 5.92 Å². The van der Waals surface area contributed by atoms with E-state index in [4.69, 9.17) is 17.0 Å². The van der Waals surface area contributed by atoms with Crippen LogP contribution in [0.4, 0.5) is 11.4 Å². The predicted octanol–water partition coefficient (Wildman–Crippen LogP) is 4.20. The highest BCUT2D eigenvalue weighted by Crippen LogP contribution is 2.19. The van der Waals surface area contributed by atoms with Gasteiger partial charge in [0, 0.05) is 18.3 Å². The van der Waals surface area contributed by atoms with Crippen LogP contribution in [0.2, 0.25) is 0 Å². The topological polar surface area (TPSA) is 79.5 Å². The molecular formula is C21H25N3O3S. The normalized spacial score (nSPS) is 10.3. The van der Waals surface area contributed by atoms with Crippen molar-refractivity contribution in [2.75, 3.05) is 17.2 Å². The standard InChI is InChI=1S/C21H25N3O3S/c1-14(2)11-12-27-19-10-5-4-9-18(19)20(26)24-21(28)23-17-8-6-7-16(13-17)22-15(3)25/h4-10,13-14H,11-12H2,1-3H3,(H,22,25)(H2,23,24,26,28). The van der Waals surface area contributed by atoms with Gasteiger partial charge in [-0.1, -0.05) is 32.0 Å². The van der Waals surface area contributed by atoms with Crippen LogP contribution in [-0.4, -0.2) is 23.5 Å². The van der Waals surface area contributed by atoms with E-state index in [-0.39, 0.29) is 16.9 Å². The number of amides is 2. The zero-order valence-corrected chi connectivity index (χ0v) is 17.1. The number of carbonyl (C=O) groups is 2. The molecule has 3 N–H and O–H groups in total. The summed E-state index contributed by atoms with van der Waals surface area (Å²) in [5.41, 5.74) is 1.70. The summed E-state index contributed by atoms with van der Waals surface area (Å²) < 4.78 is 5.76. The van der Waals surface area contributed by atoms with Crippen LogP contribution < -0.4 is 20.7 Å². The summed E-state index contributed by atoms with van der Waals surface area (Å²) in [4.78, 5) is 23.8. The minimum Gasteiger partial charge on any atom is -0.493 e. The van der Waals surface area contributed by atoms with Gasteiger partial charge in [0.1, 0.15) is 5.75 Å². The van der Waals surface area contributed by atoms with Crippen LogP contribution in [0.3, 0.4) is 0 Å². The summed E-state index contributed by atoms with van der Waals surface area (Å²) >= 11 is 5.24. The summed E-state index contributed by atoms with van der Waals surface area (Å²) in [7, 11) is 0. The fourth-order valence-corrected chi connectivity index (χ4v) is 2.61. The van der Waals surface area contributed by atoms with E-state index in [1.807, 2.05) is 6.07 Å². The third-order valence-corrected chi connectivity index (χ3v) is 3.96. The Bertz CT molecular complexity index is 852. The Morgan fingerprint density at radius 3 is 2.39 bits per heavy atom. The molecule has 6 nitrogen and oxygen atoms in total. The van der Waals surface area contributed by atoms with E-state index in [0.717, 1.165) is 6.42 Å². The van der Waals surface area contributed by atoms with Gasteiger partial charge in [-0.15, -0.1) is 0 Å². The highest BCUT2D eigenvalue weighted by atomic mass is 32.1. The van der Waals surface area contributed by atoms with Crippen molar-refractivity contribution >= 4 is 40.5 Å². The lowest BCUT2D eigenvalue weighted by molar-refractivity contribution is -0.114. The number of thiocarbonyl (C=S) groups is 1. The van der Waals surface area contributed by atoms with E-state index in [1.54, 1.807) is 42.5 Å². The average molecular weight is 400 g/mol. The number of benzene rings is 2. The van der Waals surface area contributed by atoms with E-state index >= 15 is 0 Å². The first-order valence-corrected chi connectivity index (χ1v) is 9.48. The summed E-state index contributed by atoms with van der Waals surface area (Å²) in [5, 5.41) is 8.45. The van der Waals surface area contributed by atoms with Crippen molar-refractivity contribution in [2.45, 2.75) is 27.2 Å². The fraction of sp³-hybridized carbons (Fsp3) is 0.286. The van der Waals surface area contributed by atoms with Gasteiger partial charge in [0.2, 0.25) is 5.91 Å². The van der Waals surface area contributed by atoms with Crippen LogP contribution >= 0.6 is 12.2 Å². The van der Waals surface area contributed by atoms with E-state index in [2.05, 4.69) is 29.8 Å². The molecule has 0 aromatic heterocycles. The molecule has 2 amide bonds. The van der Waals surface area contributed by atoms with Crippen molar-refractivity contribution in [3.05, 3.63) is 54.1 Å². The first kappa shape index (κ1) is 21.4. The molecule has 0 bridgehead atoms. The van der Waals surface area contributed by atoms with Crippen LogP contribution in [-0.2, 0) is 4.79 Å². The van der Waals surface area contributed by atoms with Crippen LogP contribution in [0.15, 0.2) is 48.5 Å². The average Bonchev–Trinajstić information content (AvgIpc) is 2.61. The molecule has 0 aliphatic heterocycles. The zero-order chi connectivity index (χ0) is 20.5. The van der Waals surface area contributed by atoms with Crippen LogP contribution in [0.1, 0.15) is 37.6 Å². The monoisotopic (exact) mass is 399 g/mol. The maximum absolute atomic E-state index is 12.6. The Morgan fingerprint density at radius 2 is 1.71 bits per heavy atom. The number of carbonyl (C=O) groups excluding carboxylic acids is 2. The number of ether oxygens (including phenoxy) is 1. The SMILES string of the molecule is CC(=O)Nc1cccc(NC(=S)NC(=O)c2ccccc2OCCC(C)C)c1. The Kier molecular flexibility index (Phi) is 7.95. The number of nitrogens with one attached hydrogen (secondary N) is 3. The van der Waals surface area contributed by atoms with Crippen molar-refractivity contribution in [1.29, 1.82) is 0 Å². The smallest absolute Gasteiger partial charge is 0.261 e. The lowest BCUT2D eigenvalue weighted by Crippen LogP contribution is -2.34. The van der Waals surface area contributed by atoms with E-state index in [0.29, 0.717) is 35.2 Å². The molecule has 0 radical (unpaired) electrons. The van der Waals surface area contributed by atoms with Gasteiger partial charge in [0.05, 0.1) is 12.2 Å². The minimum absolute atomic E-state index is 0.155. The molecule has 0 saturated heterocycles. The second kappa shape index (κ2) is 10.4. The first-order valence-electron chi connectivity index (χ1n) is 9.07. The first-order chi connectivity index (χ1) is 13.3. The van der Waals surface area contributed by atoms with Gasteiger partial charge in [0.15, 0.2) is 5.11 Å². The van der Waals surface area contributed by atoms with Crippen molar-refractivity contribution in [3.63, 3.8) is 0 Å². The summed E-state index contributed by atoms with van der Waals surface area (Å²) in [6, 6.07) is 14.1. The summed E-state index contributed by atoms with van der Waals surface area (Å²) in [6.45, 7) is 6.21. The van der Waals surface area contributed by atoms with Gasteiger partial charge >= 0.3 is 0 Å². The molecule has 0 unspecified atom stereocenters. The molecule has 7 heteroatoms. The molecule has 148 valence electrons. The Morgan fingerprint density at radius 1 is 1.04 bits per heavy atom. The molecule has 0 fully saturated rings. The highest BCUT2D eigenvalue weighted by molar-refractivity contribution is 7.80. The molecule has 0 saturated carbocycles. The largest absolute Gasteiger partial charge is 0.493 e. The van der Waals surface area contributed by atoms with E-state index in [1.165, 1.54) is 6.92 Å². The number of hydrogen-bond donors (Lipinski definition) is 3. The molecule has 2 rings (SSSR count). The Balaban J connectivity index is 1.99. The molecule has 2 aromatic carbocycles. The van der Waals surface area contributed by atoms with Gasteiger partial charge in [-0.2, -0.15) is 0 Å². The van der Waals surface area contributed by atoms with Gasteiger partial charge in [-0.3, -0.25) is 14.9 Å². The maximum atomic E-state index is 12.6. The van der Waals surface area contributed by atoms with Gasteiger partial charge < -0.3 is 15.4 Å². The Labute approximate surface area is 170 Å². The highest BCUT2D eigenvalue weighted by Gasteiger charge is 2.14. The zero-order valence-electron chi connectivity index (χ0n) is 16.2. The van der Waals surface area contributed by atoms with Crippen LogP contribution in [0, 0.1) is 5.92 Å². The third-order valence-electron chi connectivity index (χ3n) is 3.75. The van der Waals surface area contributed by atoms with Crippen molar-refractivity contribution in [1.82, 2.24) is 5.32 Å². The molecule has 0 atom stereocenters. The number of para-hydroxylation sites is 1. The fourth-order valence-electron chi connectivity index (χ4n) is 2.40. The van der Waals surface area contributed by atoms with Crippen LogP contribution in [0.5, 0.6) is 5.75 Å². The Hall–Kier alpha value is -2.93. The molecule has 0 aliphatic rings. The lowest BCUT2D eigenvalue weighted by atomic mass is 10.1. The van der Waals surface area contributed by atoms with Gasteiger partial charge in [-0.05, 0) is 54.9 Å². The molecule has 28 heavy (non-hydrogen) atoms.